The van der Waals surface area contributed by atoms with Gasteiger partial charge in [-0.3, -0.25) is 4.79 Å². The molecule has 0 aliphatic rings. The first-order chi connectivity index (χ1) is 11.2. The maximum absolute atomic E-state index is 11.8. The van der Waals surface area contributed by atoms with E-state index in [2.05, 4.69) is 24.4 Å². The second-order valence-corrected chi connectivity index (χ2v) is 5.52. The first-order valence-electron chi connectivity index (χ1n) is 7.73. The number of para-hydroxylation sites is 1. The number of carbonyl (C=O) groups excluding carboxylic acids is 1. The van der Waals surface area contributed by atoms with Crippen molar-refractivity contribution in [3.63, 3.8) is 0 Å². The largest absolute Gasteiger partial charge is 0.483 e. The predicted octanol–water partition coefficient (Wildman–Crippen LogP) is 3.53. The van der Waals surface area contributed by atoms with Crippen LogP contribution in [-0.2, 0) is 11.2 Å². The summed E-state index contributed by atoms with van der Waals surface area (Å²) in [5, 5.41) is 3.93. The molecule has 0 heterocycles. The Kier molecular flexibility index (Phi) is 6.36. The molecule has 0 atom stereocenters. The molecule has 2 rings (SSSR count). The lowest BCUT2D eigenvalue weighted by molar-refractivity contribution is -0.123. The minimum atomic E-state index is -0.270. The molecule has 0 aliphatic carbocycles. The lowest BCUT2D eigenvalue weighted by Crippen LogP contribution is -2.25. The van der Waals surface area contributed by atoms with Crippen molar-refractivity contribution < 1.29 is 9.53 Å². The molecular formula is C19H22N2O2. The third kappa shape index (κ3) is 5.58. The quantitative estimate of drug-likeness (QED) is 0.628. The van der Waals surface area contributed by atoms with Gasteiger partial charge in [-0.25, -0.2) is 5.43 Å². The third-order valence-electron chi connectivity index (χ3n) is 3.35. The van der Waals surface area contributed by atoms with Crippen molar-refractivity contribution in [1.82, 2.24) is 5.43 Å². The number of carbonyl (C=O) groups is 1. The average Bonchev–Trinajstić information content (AvgIpc) is 2.58. The van der Waals surface area contributed by atoms with Crippen molar-refractivity contribution >= 4 is 12.1 Å². The smallest absolute Gasteiger partial charge is 0.277 e. The van der Waals surface area contributed by atoms with Gasteiger partial charge in [-0.2, -0.15) is 5.10 Å². The molecule has 23 heavy (non-hydrogen) atoms. The maximum atomic E-state index is 11.8. The van der Waals surface area contributed by atoms with Crippen LogP contribution in [0.25, 0.3) is 0 Å². The van der Waals surface area contributed by atoms with E-state index in [4.69, 9.17) is 4.74 Å². The Bertz CT molecular complexity index is 651. The first kappa shape index (κ1) is 16.7. The van der Waals surface area contributed by atoms with E-state index in [0.717, 1.165) is 16.9 Å². The minimum absolute atomic E-state index is 0.0492. The van der Waals surface area contributed by atoms with Crippen LogP contribution in [0.15, 0.2) is 59.7 Å². The Balaban J connectivity index is 1.77. The normalized spacial score (nSPS) is 10.9. The lowest BCUT2D eigenvalue weighted by atomic mass is 10.0. The van der Waals surface area contributed by atoms with Crippen molar-refractivity contribution in [1.29, 1.82) is 0 Å². The van der Waals surface area contributed by atoms with Gasteiger partial charge in [-0.1, -0.05) is 62.4 Å². The number of ether oxygens (including phenoxy) is 1. The molecular weight excluding hydrogens is 288 g/mol. The summed E-state index contributed by atoms with van der Waals surface area (Å²) in [4.78, 5) is 11.8. The van der Waals surface area contributed by atoms with Gasteiger partial charge in [0.15, 0.2) is 6.61 Å². The van der Waals surface area contributed by atoms with Crippen LogP contribution in [0.3, 0.4) is 0 Å². The molecule has 0 saturated heterocycles. The predicted molar refractivity (Wildman–Crippen MR) is 92.8 cm³/mol. The molecule has 1 amide bonds. The van der Waals surface area contributed by atoms with Gasteiger partial charge in [-0.15, -0.1) is 0 Å². The molecule has 0 aliphatic heterocycles. The molecule has 2 aromatic carbocycles. The fraction of sp³-hybridized carbons (Fsp3) is 0.263. The zero-order chi connectivity index (χ0) is 16.5. The summed E-state index contributed by atoms with van der Waals surface area (Å²) in [6.45, 7) is 4.14. The van der Waals surface area contributed by atoms with Crippen molar-refractivity contribution in [2.24, 2.45) is 5.10 Å². The number of amides is 1. The molecule has 2 aromatic rings. The van der Waals surface area contributed by atoms with Crippen LogP contribution in [0, 0.1) is 0 Å². The van der Waals surface area contributed by atoms with Gasteiger partial charge >= 0.3 is 0 Å². The van der Waals surface area contributed by atoms with E-state index in [9.17, 15) is 4.79 Å². The topological polar surface area (TPSA) is 50.7 Å². The van der Waals surface area contributed by atoms with Crippen LogP contribution in [0.2, 0.25) is 0 Å². The van der Waals surface area contributed by atoms with Gasteiger partial charge in [0.05, 0.1) is 0 Å². The summed E-state index contributed by atoms with van der Waals surface area (Å²) in [5.74, 6) is 0.817. The summed E-state index contributed by atoms with van der Waals surface area (Å²) in [6, 6.07) is 17.7. The zero-order valence-electron chi connectivity index (χ0n) is 13.5. The molecule has 4 nitrogen and oxygen atoms in total. The highest BCUT2D eigenvalue weighted by Gasteiger charge is 2.08. The summed E-state index contributed by atoms with van der Waals surface area (Å²) in [5.41, 5.74) is 4.71. The highest BCUT2D eigenvalue weighted by atomic mass is 16.5. The summed E-state index contributed by atoms with van der Waals surface area (Å²) in [6.07, 6.45) is 2.35. The number of nitrogens with zero attached hydrogens (tertiary/aromatic N) is 1. The number of benzene rings is 2. The molecule has 0 radical (unpaired) electrons. The second kappa shape index (κ2) is 8.73. The Hall–Kier alpha value is -2.62. The number of hydrogen-bond donors (Lipinski definition) is 1. The molecule has 1 N–H and O–H groups in total. The standard InChI is InChI=1S/C19H22N2O2/c1-15(2)17-10-6-7-11-18(17)23-14-19(22)21-20-13-12-16-8-4-3-5-9-16/h3-11,13,15H,12,14H2,1-2H3,(H,21,22). The monoisotopic (exact) mass is 310 g/mol. The maximum Gasteiger partial charge on any atom is 0.277 e. The van der Waals surface area contributed by atoms with Crippen molar-refractivity contribution in [3.05, 3.63) is 65.7 Å². The van der Waals surface area contributed by atoms with Gasteiger partial charge in [0, 0.05) is 12.6 Å². The van der Waals surface area contributed by atoms with Gasteiger partial charge in [-0.05, 0) is 23.1 Å². The Morgan fingerprint density at radius 2 is 1.83 bits per heavy atom. The first-order valence-corrected chi connectivity index (χ1v) is 7.73. The highest BCUT2D eigenvalue weighted by molar-refractivity contribution is 5.78. The Morgan fingerprint density at radius 3 is 2.57 bits per heavy atom. The zero-order valence-corrected chi connectivity index (χ0v) is 13.5. The third-order valence-corrected chi connectivity index (χ3v) is 3.35. The lowest BCUT2D eigenvalue weighted by Gasteiger charge is -2.12. The van der Waals surface area contributed by atoms with E-state index in [1.807, 2.05) is 54.6 Å². The SMILES string of the molecule is CC(C)c1ccccc1OCC(=O)NN=CCc1ccccc1. The van der Waals surface area contributed by atoms with E-state index in [1.54, 1.807) is 6.21 Å². The van der Waals surface area contributed by atoms with E-state index < -0.39 is 0 Å². The fourth-order valence-corrected chi connectivity index (χ4v) is 2.15. The van der Waals surface area contributed by atoms with Crippen LogP contribution in [-0.4, -0.2) is 18.7 Å². The molecule has 0 bridgehead atoms. The van der Waals surface area contributed by atoms with Crippen LogP contribution in [0.4, 0.5) is 0 Å². The molecule has 0 saturated carbocycles. The van der Waals surface area contributed by atoms with Crippen molar-refractivity contribution in [2.45, 2.75) is 26.2 Å². The van der Waals surface area contributed by atoms with Gasteiger partial charge < -0.3 is 4.74 Å². The van der Waals surface area contributed by atoms with Gasteiger partial charge in [0.1, 0.15) is 5.75 Å². The molecule has 0 spiro atoms. The molecule has 0 unspecified atom stereocenters. The van der Waals surface area contributed by atoms with Crippen LogP contribution >= 0.6 is 0 Å². The van der Waals surface area contributed by atoms with Gasteiger partial charge in [0.2, 0.25) is 0 Å². The summed E-state index contributed by atoms with van der Waals surface area (Å²) in [7, 11) is 0. The van der Waals surface area contributed by atoms with Crippen LogP contribution in [0.1, 0.15) is 30.9 Å². The van der Waals surface area contributed by atoms with Crippen LogP contribution < -0.4 is 10.2 Å². The number of hydrogen-bond acceptors (Lipinski definition) is 3. The molecule has 120 valence electrons. The van der Waals surface area contributed by atoms with Crippen molar-refractivity contribution in [2.75, 3.05) is 6.61 Å². The van der Waals surface area contributed by atoms with E-state index >= 15 is 0 Å². The molecule has 0 aromatic heterocycles. The fourth-order valence-electron chi connectivity index (χ4n) is 2.15. The molecule has 4 heteroatoms. The number of rotatable bonds is 7. The van der Waals surface area contributed by atoms with E-state index in [-0.39, 0.29) is 12.5 Å². The number of hydrazone groups is 1. The average molecular weight is 310 g/mol. The van der Waals surface area contributed by atoms with Crippen molar-refractivity contribution in [3.8, 4) is 5.75 Å². The van der Waals surface area contributed by atoms with E-state index in [1.165, 1.54) is 0 Å². The molecule has 0 fully saturated rings. The summed E-state index contributed by atoms with van der Waals surface area (Å²) >= 11 is 0. The summed E-state index contributed by atoms with van der Waals surface area (Å²) < 4.78 is 5.59. The second-order valence-electron chi connectivity index (χ2n) is 5.52. The number of nitrogens with one attached hydrogen (secondary N) is 1. The van der Waals surface area contributed by atoms with Gasteiger partial charge in [0.25, 0.3) is 5.91 Å². The van der Waals surface area contributed by atoms with E-state index in [0.29, 0.717) is 12.3 Å². The Morgan fingerprint density at radius 1 is 1.13 bits per heavy atom. The van der Waals surface area contributed by atoms with Crippen LogP contribution in [0.5, 0.6) is 5.75 Å². The highest BCUT2D eigenvalue weighted by Crippen LogP contribution is 2.25. The minimum Gasteiger partial charge on any atom is -0.483 e. The Labute approximate surface area is 137 Å².